The molecule has 0 saturated heterocycles. The van der Waals surface area contributed by atoms with Crippen molar-refractivity contribution < 1.29 is 32.5 Å². The third-order valence-corrected chi connectivity index (χ3v) is 2.77. The molecule has 20 heavy (non-hydrogen) atoms. The monoisotopic (exact) mass is 292 g/mol. The number of hydrogen-bond donors (Lipinski definition) is 1. The lowest BCUT2D eigenvalue weighted by molar-refractivity contribution is -0.138. The van der Waals surface area contributed by atoms with Crippen LogP contribution in [0.4, 0.5) is 13.2 Å². The Bertz CT molecular complexity index is 483. The number of benzene rings is 1. The maximum Gasteiger partial charge on any atom is 0.416 e. The molecule has 0 aromatic heterocycles. The highest BCUT2D eigenvalue weighted by atomic mass is 19.4. The van der Waals surface area contributed by atoms with E-state index in [2.05, 4.69) is 0 Å². The topological polar surface area (TPSA) is 55.8 Å². The van der Waals surface area contributed by atoms with Gasteiger partial charge in [0, 0.05) is 12.0 Å². The van der Waals surface area contributed by atoms with Crippen molar-refractivity contribution in [2.24, 2.45) is 0 Å². The Balaban J connectivity index is 3.21. The summed E-state index contributed by atoms with van der Waals surface area (Å²) in [5.74, 6) is -0.876. The average Bonchev–Trinajstić information content (AvgIpc) is 2.36. The van der Waals surface area contributed by atoms with Crippen LogP contribution >= 0.6 is 0 Å². The molecule has 0 radical (unpaired) electrons. The maximum absolute atomic E-state index is 13.0. The highest BCUT2D eigenvalue weighted by Crippen LogP contribution is 2.41. The molecule has 0 spiro atoms. The van der Waals surface area contributed by atoms with Crippen LogP contribution in [-0.4, -0.2) is 25.3 Å². The SMILES string of the molecule is COc1ccc(C(F)(F)F)c(CCCC(=O)O)c1OC. The minimum Gasteiger partial charge on any atom is -0.493 e. The molecular formula is C13H15F3O4. The van der Waals surface area contributed by atoms with Crippen molar-refractivity contribution in [1.82, 2.24) is 0 Å². The Morgan fingerprint density at radius 2 is 1.90 bits per heavy atom. The lowest BCUT2D eigenvalue weighted by atomic mass is 9.99. The number of alkyl halides is 3. The zero-order chi connectivity index (χ0) is 15.3. The van der Waals surface area contributed by atoms with Crippen LogP contribution in [0.15, 0.2) is 12.1 Å². The van der Waals surface area contributed by atoms with Crippen LogP contribution in [0.2, 0.25) is 0 Å². The van der Waals surface area contributed by atoms with Gasteiger partial charge in [0.25, 0.3) is 0 Å². The van der Waals surface area contributed by atoms with Crippen LogP contribution in [0.25, 0.3) is 0 Å². The predicted octanol–water partition coefficient (Wildman–Crippen LogP) is 3.13. The molecule has 0 amide bonds. The van der Waals surface area contributed by atoms with Crippen molar-refractivity contribution >= 4 is 5.97 Å². The molecule has 0 aliphatic heterocycles. The average molecular weight is 292 g/mol. The number of methoxy groups -OCH3 is 2. The first-order valence-electron chi connectivity index (χ1n) is 5.84. The van der Waals surface area contributed by atoms with E-state index < -0.39 is 17.7 Å². The number of hydrogen-bond acceptors (Lipinski definition) is 3. The second-order valence-corrected chi connectivity index (χ2v) is 4.07. The number of rotatable bonds is 6. The zero-order valence-corrected chi connectivity index (χ0v) is 11.1. The summed E-state index contributed by atoms with van der Waals surface area (Å²) in [4.78, 5) is 10.5. The van der Waals surface area contributed by atoms with E-state index in [1.807, 2.05) is 0 Å². The Hall–Kier alpha value is -1.92. The number of aliphatic carboxylic acids is 1. The van der Waals surface area contributed by atoms with Crippen molar-refractivity contribution in [3.63, 3.8) is 0 Å². The second-order valence-electron chi connectivity index (χ2n) is 4.07. The van der Waals surface area contributed by atoms with Gasteiger partial charge in [-0.3, -0.25) is 4.79 Å². The highest BCUT2D eigenvalue weighted by molar-refractivity contribution is 5.66. The largest absolute Gasteiger partial charge is 0.493 e. The number of halogens is 3. The summed E-state index contributed by atoms with van der Waals surface area (Å²) in [5, 5.41) is 8.57. The summed E-state index contributed by atoms with van der Waals surface area (Å²) in [7, 11) is 2.57. The summed E-state index contributed by atoms with van der Waals surface area (Å²) in [6.07, 6.45) is -4.71. The molecule has 0 atom stereocenters. The smallest absolute Gasteiger partial charge is 0.416 e. The van der Waals surface area contributed by atoms with Gasteiger partial charge in [-0.05, 0) is 25.0 Å². The van der Waals surface area contributed by atoms with Crippen molar-refractivity contribution in [1.29, 1.82) is 0 Å². The van der Waals surface area contributed by atoms with E-state index in [4.69, 9.17) is 14.6 Å². The molecule has 1 aromatic rings. The summed E-state index contributed by atoms with van der Waals surface area (Å²) >= 11 is 0. The molecule has 112 valence electrons. The van der Waals surface area contributed by atoms with Crippen LogP contribution < -0.4 is 9.47 Å². The molecule has 0 heterocycles. The summed E-state index contributed by atoms with van der Waals surface area (Å²) in [6.45, 7) is 0. The predicted molar refractivity (Wildman–Crippen MR) is 65.1 cm³/mol. The maximum atomic E-state index is 13.0. The fraction of sp³-hybridized carbons (Fsp3) is 0.462. The van der Waals surface area contributed by atoms with Crippen molar-refractivity contribution in [3.8, 4) is 11.5 Å². The number of carboxylic acids is 1. The zero-order valence-electron chi connectivity index (χ0n) is 11.1. The first kappa shape index (κ1) is 16.1. The normalized spacial score (nSPS) is 11.2. The minimum absolute atomic E-state index is 0.00675. The molecule has 7 heteroatoms. The van der Waals surface area contributed by atoms with Crippen LogP contribution in [0.1, 0.15) is 24.0 Å². The van der Waals surface area contributed by atoms with Crippen LogP contribution in [0.5, 0.6) is 11.5 Å². The highest BCUT2D eigenvalue weighted by Gasteiger charge is 2.35. The fourth-order valence-electron chi connectivity index (χ4n) is 1.92. The minimum atomic E-state index is -4.53. The molecule has 4 nitrogen and oxygen atoms in total. The molecule has 0 bridgehead atoms. The van der Waals surface area contributed by atoms with Gasteiger partial charge in [-0.15, -0.1) is 0 Å². The van der Waals surface area contributed by atoms with Gasteiger partial charge in [-0.1, -0.05) is 0 Å². The van der Waals surface area contributed by atoms with E-state index in [9.17, 15) is 18.0 Å². The van der Waals surface area contributed by atoms with Crippen molar-refractivity contribution in [3.05, 3.63) is 23.3 Å². The fourth-order valence-corrected chi connectivity index (χ4v) is 1.92. The van der Waals surface area contributed by atoms with Gasteiger partial charge in [0.15, 0.2) is 11.5 Å². The molecule has 1 aromatic carbocycles. The molecular weight excluding hydrogens is 277 g/mol. The van der Waals surface area contributed by atoms with Crippen molar-refractivity contribution in [2.75, 3.05) is 14.2 Å². The first-order chi connectivity index (χ1) is 9.31. The first-order valence-corrected chi connectivity index (χ1v) is 5.84. The molecule has 0 fully saturated rings. The summed E-state index contributed by atoms with van der Waals surface area (Å²) in [6, 6.07) is 2.10. The Morgan fingerprint density at radius 3 is 2.35 bits per heavy atom. The van der Waals surface area contributed by atoms with E-state index in [1.165, 1.54) is 20.3 Å². The van der Waals surface area contributed by atoms with E-state index in [0.29, 0.717) is 0 Å². The van der Waals surface area contributed by atoms with Gasteiger partial charge in [0.1, 0.15) is 0 Å². The Morgan fingerprint density at radius 1 is 1.25 bits per heavy atom. The molecule has 1 rings (SSSR count). The molecule has 1 N–H and O–H groups in total. The van der Waals surface area contributed by atoms with Gasteiger partial charge in [0.05, 0.1) is 19.8 Å². The Labute approximate surface area is 114 Å². The van der Waals surface area contributed by atoms with Gasteiger partial charge in [-0.25, -0.2) is 0 Å². The van der Waals surface area contributed by atoms with Crippen molar-refractivity contribution in [2.45, 2.75) is 25.4 Å². The van der Waals surface area contributed by atoms with Gasteiger partial charge in [0.2, 0.25) is 0 Å². The van der Waals surface area contributed by atoms with E-state index in [0.717, 1.165) is 6.07 Å². The third-order valence-electron chi connectivity index (χ3n) is 2.77. The lowest BCUT2D eigenvalue weighted by Gasteiger charge is -2.18. The third kappa shape index (κ3) is 3.79. The summed E-state index contributed by atoms with van der Waals surface area (Å²) in [5.41, 5.74) is -0.916. The van der Waals surface area contributed by atoms with E-state index in [-0.39, 0.29) is 36.3 Å². The second kappa shape index (κ2) is 6.49. The van der Waals surface area contributed by atoms with Gasteiger partial charge in [-0.2, -0.15) is 13.2 Å². The van der Waals surface area contributed by atoms with Gasteiger partial charge < -0.3 is 14.6 Å². The quantitative estimate of drug-likeness (QED) is 0.875. The number of carboxylic acid groups (broad SMARTS) is 1. The van der Waals surface area contributed by atoms with Crippen LogP contribution in [-0.2, 0) is 17.4 Å². The van der Waals surface area contributed by atoms with E-state index in [1.54, 1.807) is 0 Å². The molecule has 0 saturated carbocycles. The van der Waals surface area contributed by atoms with Gasteiger partial charge >= 0.3 is 12.1 Å². The molecule has 0 aliphatic rings. The Kier molecular flexibility index (Phi) is 5.24. The standard InChI is InChI=1S/C13H15F3O4/c1-19-10-7-6-9(13(14,15)16)8(12(10)20-2)4-3-5-11(17)18/h6-7H,3-5H2,1-2H3,(H,17,18). The molecule has 0 aliphatic carbocycles. The number of carbonyl (C=O) groups is 1. The van der Waals surface area contributed by atoms with Crippen LogP contribution in [0, 0.1) is 0 Å². The summed E-state index contributed by atoms with van der Waals surface area (Å²) < 4.78 is 48.9. The van der Waals surface area contributed by atoms with E-state index >= 15 is 0 Å². The number of ether oxygens (including phenoxy) is 2. The lowest BCUT2D eigenvalue weighted by Crippen LogP contribution is -2.11. The molecule has 0 unspecified atom stereocenters. The van der Waals surface area contributed by atoms with Crippen LogP contribution in [0.3, 0.4) is 0 Å².